The highest BCUT2D eigenvalue weighted by Crippen LogP contribution is 2.45. The smallest absolute Gasteiger partial charge is 0.350 e. The molecule has 4 rings (SSSR count). The number of hydrogen-bond acceptors (Lipinski definition) is 10. The van der Waals surface area contributed by atoms with E-state index in [1.165, 1.54) is 33.3 Å². The Bertz CT molecular complexity index is 1430. The Balaban J connectivity index is 1.97. The Kier molecular flexibility index (Phi) is 7.16. The third-order valence-electron chi connectivity index (χ3n) is 5.87. The van der Waals surface area contributed by atoms with E-state index in [9.17, 15) is 19.5 Å². The van der Waals surface area contributed by atoms with Crippen molar-refractivity contribution in [3.05, 3.63) is 69.7 Å². The topological polar surface area (TPSA) is 124 Å². The number of carbonyl (C=O) groups is 3. The zero-order valence-electron chi connectivity index (χ0n) is 20.7. The van der Waals surface area contributed by atoms with E-state index in [0.717, 1.165) is 11.3 Å². The zero-order valence-corrected chi connectivity index (χ0v) is 21.5. The maximum absolute atomic E-state index is 13.4. The molecule has 1 atom stereocenters. The van der Waals surface area contributed by atoms with Gasteiger partial charge in [-0.15, -0.1) is 0 Å². The number of nitrogens with zero attached hydrogens (tertiary/aromatic N) is 2. The standard InChI is InChI=1S/C26H24N2O8S/c1-13-23(25(32)36-5)37-26(27-13)28-20(14-9-10-17(34-3)18(12-14)35-4)19(22(30)24(28)31)21(29)15-7-6-8-16(11-15)33-2/h6-12,20,29H,1-5H3/t20-/m0/s1. The van der Waals surface area contributed by atoms with E-state index in [0.29, 0.717) is 28.5 Å². The van der Waals surface area contributed by atoms with E-state index in [4.69, 9.17) is 18.9 Å². The summed E-state index contributed by atoms with van der Waals surface area (Å²) in [6.45, 7) is 1.60. The lowest BCUT2D eigenvalue weighted by molar-refractivity contribution is -0.132. The molecule has 1 N–H and O–H groups in total. The van der Waals surface area contributed by atoms with E-state index in [1.807, 2.05) is 0 Å². The first-order valence-corrected chi connectivity index (χ1v) is 11.8. The van der Waals surface area contributed by atoms with Crippen LogP contribution in [0.2, 0.25) is 0 Å². The number of aryl methyl sites for hydroxylation is 1. The van der Waals surface area contributed by atoms with Gasteiger partial charge in [0.15, 0.2) is 16.6 Å². The normalized spacial score (nSPS) is 16.6. The molecule has 2 aromatic carbocycles. The van der Waals surface area contributed by atoms with Crippen molar-refractivity contribution in [1.82, 2.24) is 4.98 Å². The lowest BCUT2D eigenvalue weighted by atomic mass is 9.95. The number of aromatic nitrogens is 1. The third kappa shape index (κ3) is 4.49. The van der Waals surface area contributed by atoms with Crippen LogP contribution >= 0.6 is 11.3 Å². The minimum atomic E-state index is -1.08. The van der Waals surface area contributed by atoms with Gasteiger partial charge in [-0.05, 0) is 36.8 Å². The van der Waals surface area contributed by atoms with E-state index in [-0.39, 0.29) is 26.9 Å². The number of anilines is 1. The number of aliphatic hydroxyl groups excluding tert-OH is 1. The summed E-state index contributed by atoms with van der Waals surface area (Å²) in [5, 5.41) is 11.4. The van der Waals surface area contributed by atoms with Gasteiger partial charge in [0.2, 0.25) is 0 Å². The molecule has 0 spiro atoms. The van der Waals surface area contributed by atoms with Crippen molar-refractivity contribution in [3.63, 3.8) is 0 Å². The van der Waals surface area contributed by atoms with Crippen LogP contribution < -0.4 is 19.1 Å². The third-order valence-corrected chi connectivity index (χ3v) is 7.01. The number of ether oxygens (including phenoxy) is 4. The first-order chi connectivity index (χ1) is 17.7. The van der Waals surface area contributed by atoms with E-state index in [1.54, 1.807) is 49.4 Å². The van der Waals surface area contributed by atoms with Crippen molar-refractivity contribution >= 4 is 39.9 Å². The van der Waals surface area contributed by atoms with Crippen LogP contribution in [0.1, 0.15) is 32.5 Å². The first kappa shape index (κ1) is 25.7. The van der Waals surface area contributed by atoms with Crippen LogP contribution in [0.5, 0.6) is 17.2 Å². The molecule has 1 amide bonds. The summed E-state index contributed by atoms with van der Waals surface area (Å²) in [6.07, 6.45) is 0. The minimum Gasteiger partial charge on any atom is -0.507 e. The van der Waals surface area contributed by atoms with Gasteiger partial charge in [0.05, 0.1) is 45.7 Å². The van der Waals surface area contributed by atoms with Crippen molar-refractivity contribution < 1.29 is 38.4 Å². The zero-order chi connectivity index (χ0) is 26.9. The highest BCUT2D eigenvalue weighted by atomic mass is 32.1. The van der Waals surface area contributed by atoms with Gasteiger partial charge < -0.3 is 24.1 Å². The number of hydrogen-bond donors (Lipinski definition) is 1. The summed E-state index contributed by atoms with van der Waals surface area (Å²) in [7, 11) is 5.66. The Hall–Kier alpha value is -4.38. The second kappa shape index (κ2) is 10.3. The molecule has 0 radical (unpaired) electrons. The molecule has 192 valence electrons. The molecule has 3 aromatic rings. The second-order valence-corrected chi connectivity index (χ2v) is 8.90. The number of thiazole rings is 1. The fourth-order valence-electron chi connectivity index (χ4n) is 4.06. The quantitative estimate of drug-likeness (QED) is 0.212. The van der Waals surface area contributed by atoms with Gasteiger partial charge in [-0.25, -0.2) is 9.78 Å². The number of methoxy groups -OCH3 is 4. The molecule has 37 heavy (non-hydrogen) atoms. The molecule has 0 unspecified atom stereocenters. The fourth-order valence-corrected chi connectivity index (χ4v) is 5.07. The van der Waals surface area contributed by atoms with Gasteiger partial charge in [-0.2, -0.15) is 0 Å². The molecule has 2 heterocycles. The number of carbonyl (C=O) groups excluding carboxylic acids is 3. The Labute approximate surface area is 216 Å². The minimum absolute atomic E-state index is 0.101. The van der Waals surface area contributed by atoms with Crippen molar-refractivity contribution in [2.45, 2.75) is 13.0 Å². The van der Waals surface area contributed by atoms with Crippen molar-refractivity contribution in [2.75, 3.05) is 33.3 Å². The summed E-state index contributed by atoms with van der Waals surface area (Å²) >= 11 is 0.914. The van der Waals surface area contributed by atoms with Gasteiger partial charge in [0, 0.05) is 5.56 Å². The molecule has 1 saturated heterocycles. The Morgan fingerprint density at radius 2 is 1.73 bits per heavy atom. The van der Waals surface area contributed by atoms with Crippen LogP contribution in [0.15, 0.2) is 48.0 Å². The number of Topliss-reactive ketones (excluding diaryl/α,β-unsaturated/α-hetero) is 1. The lowest BCUT2D eigenvalue weighted by Gasteiger charge is -2.23. The van der Waals surface area contributed by atoms with E-state index in [2.05, 4.69) is 4.98 Å². The summed E-state index contributed by atoms with van der Waals surface area (Å²) in [5.41, 5.74) is 0.924. The Morgan fingerprint density at radius 1 is 1.00 bits per heavy atom. The molecule has 1 aliphatic rings. The average Bonchev–Trinajstić information content (AvgIpc) is 3.43. The molecule has 10 nitrogen and oxygen atoms in total. The predicted molar refractivity (Wildman–Crippen MR) is 136 cm³/mol. The molecule has 1 aliphatic heterocycles. The molecule has 1 fully saturated rings. The van der Waals surface area contributed by atoms with Gasteiger partial charge in [0.25, 0.3) is 5.78 Å². The number of ketones is 1. The van der Waals surface area contributed by atoms with Gasteiger partial charge in [-0.1, -0.05) is 29.5 Å². The van der Waals surface area contributed by atoms with Crippen LogP contribution in [0, 0.1) is 6.92 Å². The highest BCUT2D eigenvalue weighted by Gasteiger charge is 2.48. The highest BCUT2D eigenvalue weighted by molar-refractivity contribution is 7.17. The second-order valence-electron chi connectivity index (χ2n) is 7.92. The molecular formula is C26H24N2O8S. The summed E-state index contributed by atoms with van der Waals surface area (Å²) < 4.78 is 20.8. The summed E-state index contributed by atoms with van der Waals surface area (Å²) in [5.74, 6) is -1.56. The number of aliphatic hydroxyl groups is 1. The monoisotopic (exact) mass is 524 g/mol. The number of amides is 1. The van der Waals surface area contributed by atoms with Crippen LogP contribution in [0.25, 0.3) is 5.76 Å². The van der Waals surface area contributed by atoms with E-state index < -0.39 is 23.7 Å². The van der Waals surface area contributed by atoms with Crippen LogP contribution in [-0.4, -0.2) is 56.2 Å². The van der Waals surface area contributed by atoms with Gasteiger partial charge in [0.1, 0.15) is 16.4 Å². The molecule has 0 saturated carbocycles. The molecular weight excluding hydrogens is 500 g/mol. The van der Waals surface area contributed by atoms with Crippen LogP contribution in [0.4, 0.5) is 5.13 Å². The first-order valence-electron chi connectivity index (χ1n) is 11.0. The SMILES string of the molecule is COC(=O)c1sc(N2C(=O)C(=O)C(=C(O)c3cccc(OC)c3)[C@@H]2c2ccc(OC)c(OC)c2)nc1C. The number of esters is 1. The fraction of sp³-hybridized carbons (Fsp3) is 0.231. The molecule has 0 bridgehead atoms. The summed E-state index contributed by atoms with van der Waals surface area (Å²) in [4.78, 5) is 44.7. The largest absolute Gasteiger partial charge is 0.507 e. The maximum Gasteiger partial charge on any atom is 0.350 e. The summed E-state index contributed by atoms with van der Waals surface area (Å²) in [6, 6.07) is 10.3. The van der Waals surface area contributed by atoms with Crippen molar-refractivity contribution in [1.29, 1.82) is 0 Å². The Morgan fingerprint density at radius 3 is 2.38 bits per heavy atom. The average molecular weight is 525 g/mol. The van der Waals surface area contributed by atoms with Crippen molar-refractivity contribution in [2.24, 2.45) is 0 Å². The van der Waals surface area contributed by atoms with Crippen LogP contribution in [0.3, 0.4) is 0 Å². The number of rotatable bonds is 7. The molecule has 0 aliphatic carbocycles. The van der Waals surface area contributed by atoms with Crippen LogP contribution in [-0.2, 0) is 14.3 Å². The predicted octanol–water partition coefficient (Wildman–Crippen LogP) is 3.89. The molecule has 11 heteroatoms. The maximum atomic E-state index is 13.4. The van der Waals surface area contributed by atoms with E-state index >= 15 is 0 Å². The molecule has 1 aromatic heterocycles. The van der Waals surface area contributed by atoms with Crippen molar-refractivity contribution in [3.8, 4) is 17.2 Å². The van der Waals surface area contributed by atoms with Gasteiger partial charge >= 0.3 is 11.9 Å². The van der Waals surface area contributed by atoms with Gasteiger partial charge in [-0.3, -0.25) is 14.5 Å². The number of benzene rings is 2. The lowest BCUT2D eigenvalue weighted by Crippen LogP contribution is -2.29.